The summed E-state index contributed by atoms with van der Waals surface area (Å²) in [7, 11) is 0. The van der Waals surface area contributed by atoms with Crippen LogP contribution < -0.4 is 5.43 Å². The van der Waals surface area contributed by atoms with Crippen LogP contribution in [0.25, 0.3) is 0 Å². The fourth-order valence-corrected chi connectivity index (χ4v) is 1.36. The fraction of sp³-hybridized carbons (Fsp3) is 0.857. The third-order valence-corrected chi connectivity index (χ3v) is 2.19. The molecule has 0 aliphatic heterocycles. The summed E-state index contributed by atoms with van der Waals surface area (Å²) in [6, 6.07) is -0.433. The molecule has 0 radical (unpaired) electrons. The van der Waals surface area contributed by atoms with Crippen molar-refractivity contribution in [2.75, 3.05) is 6.61 Å². The molecule has 0 aromatic carbocycles. The molecule has 0 aliphatic rings. The molecule has 0 aromatic heterocycles. The van der Waals surface area contributed by atoms with E-state index in [4.69, 9.17) is 14.6 Å². The van der Waals surface area contributed by atoms with Gasteiger partial charge in [-0.2, -0.15) is 0 Å². The van der Waals surface area contributed by atoms with Crippen LogP contribution in [0.4, 0.5) is 9.59 Å². The van der Waals surface area contributed by atoms with Crippen LogP contribution in [0.5, 0.6) is 0 Å². The molecular formula is C14H28N2O5. The van der Waals surface area contributed by atoms with Crippen LogP contribution in [-0.2, 0) is 9.47 Å². The fourth-order valence-electron chi connectivity index (χ4n) is 1.36. The first kappa shape index (κ1) is 19.5. The molecule has 0 aliphatic carbocycles. The van der Waals surface area contributed by atoms with E-state index >= 15 is 0 Å². The number of hydrazine groups is 1. The van der Waals surface area contributed by atoms with Crippen LogP contribution in [0, 0.1) is 0 Å². The highest BCUT2D eigenvalue weighted by atomic mass is 16.6. The highest BCUT2D eigenvalue weighted by molar-refractivity contribution is 5.74. The van der Waals surface area contributed by atoms with Gasteiger partial charge in [0.15, 0.2) is 0 Å². The number of rotatable bonds is 3. The maximum Gasteiger partial charge on any atom is 0.429 e. The number of aliphatic hydroxyl groups excluding tert-OH is 1. The lowest BCUT2D eigenvalue weighted by atomic mass is 10.2. The summed E-state index contributed by atoms with van der Waals surface area (Å²) in [4.78, 5) is 23.9. The SMILES string of the molecule is CC(CCO)N(NC(=O)OC(C)(C)C)C(=O)OC(C)(C)C. The van der Waals surface area contributed by atoms with Gasteiger partial charge in [0.2, 0.25) is 0 Å². The molecule has 0 aromatic rings. The molecule has 1 atom stereocenters. The van der Waals surface area contributed by atoms with E-state index in [1.165, 1.54) is 0 Å². The molecule has 0 spiro atoms. The molecule has 0 bridgehead atoms. The van der Waals surface area contributed by atoms with E-state index < -0.39 is 29.4 Å². The predicted molar refractivity (Wildman–Crippen MR) is 78.6 cm³/mol. The maximum atomic E-state index is 12.1. The number of aliphatic hydroxyl groups is 1. The Labute approximate surface area is 126 Å². The largest absolute Gasteiger partial charge is 0.443 e. The van der Waals surface area contributed by atoms with E-state index in [1.54, 1.807) is 48.5 Å². The van der Waals surface area contributed by atoms with Crippen molar-refractivity contribution in [2.24, 2.45) is 0 Å². The molecule has 1 unspecified atom stereocenters. The van der Waals surface area contributed by atoms with E-state index in [1.807, 2.05) is 0 Å². The maximum absolute atomic E-state index is 12.1. The van der Waals surface area contributed by atoms with Gasteiger partial charge in [0.25, 0.3) is 0 Å². The molecule has 0 saturated carbocycles. The Morgan fingerprint density at radius 3 is 1.95 bits per heavy atom. The first-order valence-electron chi connectivity index (χ1n) is 6.98. The Hall–Kier alpha value is -1.50. The Morgan fingerprint density at radius 1 is 1.10 bits per heavy atom. The van der Waals surface area contributed by atoms with Gasteiger partial charge >= 0.3 is 12.2 Å². The summed E-state index contributed by atoms with van der Waals surface area (Å²) >= 11 is 0. The molecule has 0 fully saturated rings. The number of hydrogen-bond acceptors (Lipinski definition) is 5. The molecule has 0 saturated heterocycles. The van der Waals surface area contributed by atoms with Crippen LogP contribution in [0.2, 0.25) is 0 Å². The average molecular weight is 304 g/mol. The van der Waals surface area contributed by atoms with Crippen molar-refractivity contribution in [3.63, 3.8) is 0 Å². The Kier molecular flexibility index (Phi) is 6.96. The third kappa shape index (κ3) is 9.12. The Bertz CT molecular complexity index is 357. The second-order valence-electron chi connectivity index (χ2n) is 6.83. The highest BCUT2D eigenvalue weighted by Crippen LogP contribution is 2.13. The van der Waals surface area contributed by atoms with E-state index in [0.717, 1.165) is 5.01 Å². The lowest BCUT2D eigenvalue weighted by Crippen LogP contribution is -2.53. The number of nitrogens with zero attached hydrogens (tertiary/aromatic N) is 1. The minimum atomic E-state index is -0.752. The van der Waals surface area contributed by atoms with Gasteiger partial charge in [-0.05, 0) is 54.9 Å². The van der Waals surface area contributed by atoms with E-state index in [2.05, 4.69) is 5.43 Å². The van der Waals surface area contributed by atoms with Gasteiger partial charge in [-0.3, -0.25) is 0 Å². The normalized spacial score (nSPS) is 13.3. The lowest BCUT2D eigenvalue weighted by molar-refractivity contribution is -0.00995. The van der Waals surface area contributed by atoms with Crippen molar-refractivity contribution < 1.29 is 24.2 Å². The van der Waals surface area contributed by atoms with Crippen LogP contribution in [0.3, 0.4) is 0 Å². The van der Waals surface area contributed by atoms with Gasteiger partial charge in [-0.25, -0.2) is 20.0 Å². The predicted octanol–water partition coefficient (Wildman–Crippen LogP) is 2.43. The summed E-state index contributed by atoms with van der Waals surface area (Å²) in [5.41, 5.74) is 1.000. The van der Waals surface area contributed by atoms with Gasteiger partial charge in [0.05, 0.1) is 6.04 Å². The molecule has 7 heteroatoms. The van der Waals surface area contributed by atoms with Crippen molar-refractivity contribution in [3.8, 4) is 0 Å². The zero-order chi connectivity index (χ0) is 16.8. The number of amides is 2. The van der Waals surface area contributed by atoms with Crippen molar-refractivity contribution in [2.45, 2.75) is 72.1 Å². The first-order valence-corrected chi connectivity index (χ1v) is 6.98. The summed E-state index contributed by atoms with van der Waals surface area (Å²) in [5.74, 6) is 0. The quantitative estimate of drug-likeness (QED) is 0.782. The Balaban J connectivity index is 4.90. The molecule has 0 heterocycles. The number of nitrogens with one attached hydrogen (secondary N) is 1. The van der Waals surface area contributed by atoms with Crippen molar-refractivity contribution >= 4 is 12.2 Å². The topological polar surface area (TPSA) is 88.1 Å². The Morgan fingerprint density at radius 2 is 1.57 bits per heavy atom. The zero-order valence-electron chi connectivity index (χ0n) is 14.0. The third-order valence-electron chi connectivity index (χ3n) is 2.19. The monoisotopic (exact) mass is 304 g/mol. The van der Waals surface area contributed by atoms with Crippen LogP contribution in [0.15, 0.2) is 0 Å². The summed E-state index contributed by atoms with van der Waals surface area (Å²) in [6.45, 7) is 11.9. The smallest absolute Gasteiger partial charge is 0.429 e. The minimum absolute atomic E-state index is 0.115. The lowest BCUT2D eigenvalue weighted by Gasteiger charge is -2.32. The molecule has 2 N–H and O–H groups in total. The molecule has 2 amide bonds. The number of ether oxygens (including phenoxy) is 2. The molecule has 21 heavy (non-hydrogen) atoms. The number of carbonyl (C=O) groups excluding carboxylic acids is 2. The van der Waals surface area contributed by atoms with Crippen LogP contribution in [0.1, 0.15) is 54.9 Å². The number of hydrogen-bond donors (Lipinski definition) is 2. The van der Waals surface area contributed by atoms with E-state index in [9.17, 15) is 9.59 Å². The van der Waals surface area contributed by atoms with Crippen molar-refractivity contribution in [3.05, 3.63) is 0 Å². The number of carbonyl (C=O) groups is 2. The zero-order valence-corrected chi connectivity index (χ0v) is 14.0. The van der Waals surface area contributed by atoms with Gasteiger partial charge in [0.1, 0.15) is 11.2 Å². The van der Waals surface area contributed by atoms with E-state index in [0.29, 0.717) is 6.42 Å². The van der Waals surface area contributed by atoms with Gasteiger partial charge < -0.3 is 14.6 Å². The van der Waals surface area contributed by atoms with Gasteiger partial charge in [-0.15, -0.1) is 0 Å². The molecule has 7 nitrogen and oxygen atoms in total. The molecular weight excluding hydrogens is 276 g/mol. The summed E-state index contributed by atoms with van der Waals surface area (Å²) in [5, 5.41) is 10.0. The second-order valence-corrected chi connectivity index (χ2v) is 6.83. The second kappa shape index (κ2) is 7.49. The molecule has 124 valence electrons. The standard InChI is InChI=1S/C14H28N2O5/c1-10(8-9-17)16(12(19)21-14(5,6)7)15-11(18)20-13(2,3)4/h10,17H,8-9H2,1-7H3,(H,15,18). The first-order chi connectivity index (χ1) is 9.35. The van der Waals surface area contributed by atoms with Gasteiger partial charge in [-0.1, -0.05) is 0 Å². The molecule has 0 rings (SSSR count). The van der Waals surface area contributed by atoms with Gasteiger partial charge in [0, 0.05) is 6.61 Å². The van der Waals surface area contributed by atoms with Crippen molar-refractivity contribution in [1.82, 2.24) is 10.4 Å². The highest BCUT2D eigenvalue weighted by Gasteiger charge is 2.29. The minimum Gasteiger partial charge on any atom is -0.443 e. The van der Waals surface area contributed by atoms with Crippen LogP contribution in [-0.4, -0.2) is 46.2 Å². The van der Waals surface area contributed by atoms with Crippen LogP contribution >= 0.6 is 0 Å². The average Bonchev–Trinajstić information content (AvgIpc) is 2.20. The summed E-state index contributed by atoms with van der Waals surface area (Å²) < 4.78 is 10.3. The van der Waals surface area contributed by atoms with E-state index in [-0.39, 0.29) is 6.61 Å². The van der Waals surface area contributed by atoms with Crippen molar-refractivity contribution in [1.29, 1.82) is 0 Å². The summed E-state index contributed by atoms with van der Waals surface area (Å²) in [6.07, 6.45) is -1.15.